The molecule has 0 unspecified atom stereocenters. The van der Waals surface area contributed by atoms with E-state index in [2.05, 4.69) is 10.4 Å². The molecule has 1 aromatic rings. The Kier molecular flexibility index (Phi) is 5.79. The Morgan fingerprint density at radius 2 is 2.25 bits per heavy atom. The molecule has 0 aromatic heterocycles. The van der Waals surface area contributed by atoms with Crippen molar-refractivity contribution in [2.45, 2.75) is 18.9 Å². The highest BCUT2D eigenvalue weighted by Gasteiger charge is 2.19. The summed E-state index contributed by atoms with van der Waals surface area (Å²) in [5, 5.41) is 26.0. The van der Waals surface area contributed by atoms with Crippen LogP contribution < -0.4 is 10.7 Å². The van der Waals surface area contributed by atoms with Crippen LogP contribution >= 0.6 is 0 Å². The van der Waals surface area contributed by atoms with E-state index in [-0.39, 0.29) is 18.2 Å². The van der Waals surface area contributed by atoms with Crippen LogP contribution in [0.4, 0.5) is 5.69 Å². The van der Waals surface area contributed by atoms with Crippen LogP contribution in [-0.4, -0.2) is 47.3 Å². The normalized spacial score (nSPS) is 16.9. The lowest BCUT2D eigenvalue weighted by Crippen LogP contribution is -2.41. The van der Waals surface area contributed by atoms with Gasteiger partial charge in [0.05, 0.1) is 17.2 Å². The van der Waals surface area contributed by atoms with Crippen molar-refractivity contribution in [3.63, 3.8) is 0 Å². The third-order valence-electron chi connectivity index (χ3n) is 3.30. The minimum absolute atomic E-state index is 0.0807. The van der Waals surface area contributed by atoms with Crippen molar-refractivity contribution in [2.24, 2.45) is 5.10 Å². The van der Waals surface area contributed by atoms with E-state index in [1.807, 2.05) is 5.43 Å². The summed E-state index contributed by atoms with van der Waals surface area (Å²) in [5.74, 6) is -2.29. The number of aromatic hydroxyl groups is 1. The molecule has 0 saturated carbocycles. The number of nitro groups is 1. The molecule has 1 saturated heterocycles. The molecule has 10 nitrogen and oxygen atoms in total. The van der Waals surface area contributed by atoms with E-state index in [0.29, 0.717) is 6.61 Å². The van der Waals surface area contributed by atoms with Gasteiger partial charge in [-0.1, -0.05) is 0 Å². The van der Waals surface area contributed by atoms with Gasteiger partial charge in [-0.25, -0.2) is 5.43 Å². The number of benzene rings is 1. The van der Waals surface area contributed by atoms with Gasteiger partial charge in [-0.3, -0.25) is 19.7 Å². The molecule has 10 heteroatoms. The molecule has 1 aromatic carbocycles. The van der Waals surface area contributed by atoms with E-state index in [9.17, 15) is 24.8 Å². The lowest BCUT2D eigenvalue weighted by atomic mass is 10.2. The predicted octanol–water partition coefficient (Wildman–Crippen LogP) is 0.0457. The molecule has 0 aliphatic carbocycles. The van der Waals surface area contributed by atoms with Crippen molar-refractivity contribution >= 4 is 23.7 Å². The number of carbonyl (C=O) groups is 2. The van der Waals surface area contributed by atoms with E-state index in [0.717, 1.165) is 31.2 Å². The van der Waals surface area contributed by atoms with Crippen molar-refractivity contribution in [1.82, 2.24) is 10.7 Å². The van der Waals surface area contributed by atoms with Crippen LogP contribution in [0.25, 0.3) is 0 Å². The van der Waals surface area contributed by atoms with E-state index >= 15 is 0 Å². The number of hydrogen-bond donors (Lipinski definition) is 3. The van der Waals surface area contributed by atoms with Gasteiger partial charge in [0.15, 0.2) is 5.75 Å². The molecule has 1 aliphatic heterocycles. The molecule has 1 fully saturated rings. The van der Waals surface area contributed by atoms with Crippen molar-refractivity contribution < 1.29 is 24.4 Å². The Morgan fingerprint density at radius 1 is 1.46 bits per heavy atom. The van der Waals surface area contributed by atoms with Crippen LogP contribution in [-0.2, 0) is 14.3 Å². The Bertz CT molecular complexity index is 669. The molecule has 0 bridgehead atoms. The molecule has 24 heavy (non-hydrogen) atoms. The maximum absolute atomic E-state index is 11.6. The maximum Gasteiger partial charge on any atom is 0.329 e. The summed E-state index contributed by atoms with van der Waals surface area (Å²) in [6, 6.07) is 3.59. The zero-order valence-electron chi connectivity index (χ0n) is 12.6. The van der Waals surface area contributed by atoms with Crippen LogP contribution in [0, 0.1) is 10.1 Å². The smallest absolute Gasteiger partial charge is 0.329 e. The average Bonchev–Trinajstić information content (AvgIpc) is 3.07. The maximum atomic E-state index is 11.6. The first-order chi connectivity index (χ1) is 11.5. The molecule has 1 heterocycles. The summed E-state index contributed by atoms with van der Waals surface area (Å²) in [7, 11) is 0. The number of phenols is 1. The van der Waals surface area contributed by atoms with Crippen molar-refractivity contribution in [3.8, 4) is 5.75 Å². The summed E-state index contributed by atoms with van der Waals surface area (Å²) in [6.45, 7) is 0.899. The molecular weight excluding hydrogens is 320 g/mol. The Morgan fingerprint density at radius 3 is 2.92 bits per heavy atom. The first kappa shape index (κ1) is 17.3. The third kappa shape index (κ3) is 4.74. The summed E-state index contributed by atoms with van der Waals surface area (Å²) < 4.78 is 5.31. The zero-order valence-corrected chi connectivity index (χ0v) is 12.6. The Balaban J connectivity index is 1.84. The van der Waals surface area contributed by atoms with E-state index in [1.165, 1.54) is 6.07 Å². The highest BCUT2D eigenvalue weighted by atomic mass is 16.6. The number of phenolic OH excluding ortho intramolecular Hbond substituents is 1. The molecule has 0 radical (unpaired) electrons. The van der Waals surface area contributed by atoms with Gasteiger partial charge in [0.1, 0.15) is 0 Å². The van der Waals surface area contributed by atoms with Gasteiger partial charge in [-0.05, 0) is 25.0 Å². The number of nitrogens with one attached hydrogen (secondary N) is 2. The number of nitro benzene ring substituents is 1. The molecule has 2 rings (SSSR count). The van der Waals surface area contributed by atoms with Gasteiger partial charge in [0.2, 0.25) is 0 Å². The molecular formula is C14H16N4O6. The van der Waals surface area contributed by atoms with Gasteiger partial charge < -0.3 is 15.2 Å². The van der Waals surface area contributed by atoms with E-state index in [1.54, 1.807) is 0 Å². The van der Waals surface area contributed by atoms with Crippen molar-refractivity contribution in [3.05, 3.63) is 33.9 Å². The van der Waals surface area contributed by atoms with Gasteiger partial charge in [-0.15, -0.1) is 0 Å². The fourth-order valence-corrected chi connectivity index (χ4v) is 2.08. The predicted molar refractivity (Wildman–Crippen MR) is 82.5 cm³/mol. The zero-order chi connectivity index (χ0) is 17.5. The summed E-state index contributed by atoms with van der Waals surface area (Å²) >= 11 is 0. The van der Waals surface area contributed by atoms with E-state index < -0.39 is 28.2 Å². The first-order valence-corrected chi connectivity index (χ1v) is 7.17. The second kappa shape index (κ2) is 8.02. The number of carbonyl (C=O) groups excluding carboxylic acids is 2. The molecule has 2 amide bonds. The van der Waals surface area contributed by atoms with Crippen LogP contribution in [0.5, 0.6) is 5.75 Å². The van der Waals surface area contributed by atoms with Crippen LogP contribution in [0.15, 0.2) is 23.3 Å². The third-order valence-corrected chi connectivity index (χ3v) is 3.30. The lowest BCUT2D eigenvalue weighted by molar-refractivity contribution is -0.385. The number of ether oxygens (including phenoxy) is 1. The fourth-order valence-electron chi connectivity index (χ4n) is 2.08. The standard InChI is InChI=1S/C14H16N4O6/c19-12-4-3-9(6-11(12)18(22)23)7-16-17-14(21)13(20)15-8-10-2-1-5-24-10/h3-4,6-7,10,19H,1-2,5,8H2,(H,15,20)(H,17,21)/b16-7+/t10-/m0/s1. The highest BCUT2D eigenvalue weighted by molar-refractivity contribution is 6.35. The number of hydrogen-bond acceptors (Lipinski definition) is 7. The number of rotatable bonds is 5. The largest absolute Gasteiger partial charge is 0.502 e. The quantitative estimate of drug-likeness (QED) is 0.300. The molecule has 3 N–H and O–H groups in total. The molecule has 1 atom stereocenters. The number of nitrogens with zero attached hydrogens (tertiary/aromatic N) is 2. The number of amides is 2. The Hall–Kier alpha value is -3.01. The van der Waals surface area contributed by atoms with Crippen molar-refractivity contribution in [2.75, 3.05) is 13.2 Å². The van der Waals surface area contributed by atoms with Crippen LogP contribution in [0.3, 0.4) is 0 Å². The first-order valence-electron chi connectivity index (χ1n) is 7.17. The SMILES string of the molecule is O=C(NC[C@@H]1CCCO1)C(=O)N/N=C/c1ccc(O)c([N+](=O)[O-])c1. The summed E-state index contributed by atoms with van der Waals surface area (Å²) in [5.41, 5.74) is 1.81. The van der Waals surface area contributed by atoms with Gasteiger partial charge in [0, 0.05) is 24.8 Å². The summed E-state index contributed by atoms with van der Waals surface area (Å²) in [6.07, 6.45) is 2.80. The molecule has 128 valence electrons. The van der Waals surface area contributed by atoms with Gasteiger partial charge in [0.25, 0.3) is 0 Å². The monoisotopic (exact) mass is 336 g/mol. The lowest BCUT2D eigenvalue weighted by Gasteiger charge is -2.09. The van der Waals surface area contributed by atoms with Gasteiger partial charge >= 0.3 is 17.5 Å². The van der Waals surface area contributed by atoms with Crippen LogP contribution in [0.2, 0.25) is 0 Å². The second-order valence-corrected chi connectivity index (χ2v) is 5.05. The van der Waals surface area contributed by atoms with E-state index in [4.69, 9.17) is 4.74 Å². The minimum Gasteiger partial charge on any atom is -0.502 e. The average molecular weight is 336 g/mol. The van der Waals surface area contributed by atoms with Gasteiger partial charge in [-0.2, -0.15) is 5.10 Å². The fraction of sp³-hybridized carbons (Fsp3) is 0.357. The minimum atomic E-state index is -0.961. The highest BCUT2D eigenvalue weighted by Crippen LogP contribution is 2.25. The number of hydrazone groups is 1. The van der Waals surface area contributed by atoms with Crippen molar-refractivity contribution in [1.29, 1.82) is 0 Å². The summed E-state index contributed by atoms with van der Waals surface area (Å²) in [4.78, 5) is 33.0. The molecule has 0 spiro atoms. The van der Waals surface area contributed by atoms with Crippen LogP contribution in [0.1, 0.15) is 18.4 Å². The topological polar surface area (TPSA) is 143 Å². The second-order valence-electron chi connectivity index (χ2n) is 5.05. The Labute approximate surface area is 136 Å². The molecule has 1 aliphatic rings.